The Kier molecular flexibility index (Phi) is 2.92. The van der Waals surface area contributed by atoms with E-state index in [1.807, 2.05) is 0 Å². The number of benzene rings is 1. The summed E-state index contributed by atoms with van der Waals surface area (Å²) in [4.78, 5) is 0. The molecule has 86 valence electrons. The highest BCUT2D eigenvalue weighted by Gasteiger charge is 2.30. The highest BCUT2D eigenvalue weighted by atomic mass is 79.9. The molecule has 0 aliphatic heterocycles. The molecular formula is C11H12BrNO3. The fourth-order valence-corrected chi connectivity index (χ4v) is 2.22. The first-order chi connectivity index (χ1) is 7.56. The van der Waals surface area contributed by atoms with Crippen molar-refractivity contribution in [3.8, 4) is 5.75 Å². The molecule has 0 bridgehead atoms. The van der Waals surface area contributed by atoms with Crippen molar-refractivity contribution in [1.82, 2.24) is 0 Å². The van der Waals surface area contributed by atoms with Crippen LogP contribution in [0.25, 0.3) is 0 Å². The summed E-state index contributed by atoms with van der Waals surface area (Å²) in [5, 5.41) is 19.9. The minimum Gasteiger partial charge on any atom is -0.497 e. The van der Waals surface area contributed by atoms with E-state index >= 15 is 0 Å². The molecule has 0 amide bonds. The molecule has 1 aromatic carbocycles. The number of fused-ring (bicyclic) bond motifs is 1. The Labute approximate surface area is 101 Å². The molecule has 4 N–H and O–H groups in total. The third-order valence-corrected chi connectivity index (χ3v) is 3.59. The first kappa shape index (κ1) is 11.4. The van der Waals surface area contributed by atoms with Gasteiger partial charge in [0, 0.05) is 4.48 Å². The number of halogens is 1. The van der Waals surface area contributed by atoms with E-state index in [1.54, 1.807) is 25.3 Å². The van der Waals surface area contributed by atoms with Gasteiger partial charge in [0.25, 0.3) is 0 Å². The van der Waals surface area contributed by atoms with Gasteiger partial charge >= 0.3 is 0 Å². The van der Waals surface area contributed by atoms with Gasteiger partial charge in [0.15, 0.2) is 0 Å². The van der Waals surface area contributed by atoms with Crippen molar-refractivity contribution in [3.05, 3.63) is 39.5 Å². The molecule has 1 aromatic rings. The summed E-state index contributed by atoms with van der Waals surface area (Å²) in [6, 6.07) is 5.13. The Hall–Kier alpha value is -1.04. The van der Waals surface area contributed by atoms with Gasteiger partial charge in [-0.15, -0.1) is 0 Å². The zero-order chi connectivity index (χ0) is 11.9. The van der Waals surface area contributed by atoms with E-state index in [0.29, 0.717) is 21.4 Å². The van der Waals surface area contributed by atoms with Crippen LogP contribution in [-0.2, 0) is 0 Å². The van der Waals surface area contributed by atoms with Crippen LogP contribution in [0.4, 0.5) is 0 Å². The maximum atomic E-state index is 9.96. The van der Waals surface area contributed by atoms with E-state index in [-0.39, 0.29) is 5.70 Å². The molecule has 2 atom stereocenters. The molecule has 0 saturated carbocycles. The highest BCUT2D eigenvalue weighted by molar-refractivity contribution is 9.11. The number of ether oxygens (including phenoxy) is 1. The van der Waals surface area contributed by atoms with Gasteiger partial charge in [-0.25, -0.2) is 0 Å². The molecule has 16 heavy (non-hydrogen) atoms. The fourth-order valence-electron chi connectivity index (χ4n) is 1.76. The SMILES string of the molecule is COc1ccc2c(c1)C(O)C(N)=C(Br)C2O. The van der Waals surface area contributed by atoms with Crippen molar-refractivity contribution in [2.75, 3.05) is 7.11 Å². The smallest absolute Gasteiger partial charge is 0.120 e. The van der Waals surface area contributed by atoms with Crippen LogP contribution in [0.5, 0.6) is 5.75 Å². The average molecular weight is 286 g/mol. The molecule has 2 unspecified atom stereocenters. The predicted molar refractivity (Wildman–Crippen MR) is 63.1 cm³/mol. The predicted octanol–water partition coefficient (Wildman–Crippen LogP) is 1.34. The van der Waals surface area contributed by atoms with Crippen molar-refractivity contribution in [1.29, 1.82) is 0 Å². The standard InChI is InChI=1S/C11H12BrNO3/c1-16-5-2-3-6-7(4-5)11(15)9(13)8(12)10(6)14/h2-4,10-11,14-15H,13H2,1H3. The van der Waals surface area contributed by atoms with Gasteiger partial charge < -0.3 is 20.7 Å². The van der Waals surface area contributed by atoms with E-state index in [4.69, 9.17) is 10.5 Å². The summed E-state index contributed by atoms with van der Waals surface area (Å²) in [7, 11) is 1.54. The van der Waals surface area contributed by atoms with Crippen LogP contribution in [0.1, 0.15) is 23.3 Å². The van der Waals surface area contributed by atoms with Crippen molar-refractivity contribution in [3.63, 3.8) is 0 Å². The van der Waals surface area contributed by atoms with Gasteiger partial charge in [-0.05, 0) is 23.3 Å². The van der Waals surface area contributed by atoms with Gasteiger partial charge in [-0.1, -0.05) is 22.0 Å². The topological polar surface area (TPSA) is 75.7 Å². The Balaban J connectivity index is 2.57. The molecule has 0 spiro atoms. The van der Waals surface area contributed by atoms with E-state index < -0.39 is 12.2 Å². The zero-order valence-electron chi connectivity index (χ0n) is 8.64. The maximum absolute atomic E-state index is 9.96. The van der Waals surface area contributed by atoms with Gasteiger partial charge in [0.2, 0.25) is 0 Å². The van der Waals surface area contributed by atoms with Crippen LogP contribution in [0.3, 0.4) is 0 Å². The summed E-state index contributed by atoms with van der Waals surface area (Å²) in [6.45, 7) is 0. The summed E-state index contributed by atoms with van der Waals surface area (Å²) in [5.74, 6) is 0.621. The number of hydrogen-bond acceptors (Lipinski definition) is 4. The van der Waals surface area contributed by atoms with Crippen molar-refractivity contribution in [2.45, 2.75) is 12.2 Å². The second-order valence-electron chi connectivity index (χ2n) is 3.60. The number of aliphatic hydroxyl groups is 2. The molecule has 1 aliphatic carbocycles. The van der Waals surface area contributed by atoms with E-state index in [2.05, 4.69) is 15.9 Å². The first-order valence-corrected chi connectivity index (χ1v) is 5.54. The normalized spacial score (nSPS) is 24.2. The maximum Gasteiger partial charge on any atom is 0.120 e. The van der Waals surface area contributed by atoms with Crippen molar-refractivity contribution < 1.29 is 14.9 Å². The largest absolute Gasteiger partial charge is 0.497 e. The second kappa shape index (κ2) is 4.08. The first-order valence-electron chi connectivity index (χ1n) is 4.75. The van der Waals surface area contributed by atoms with Crippen LogP contribution in [0.15, 0.2) is 28.4 Å². The number of aliphatic hydroxyl groups excluding tert-OH is 2. The Morgan fingerprint density at radius 1 is 1.25 bits per heavy atom. The van der Waals surface area contributed by atoms with Gasteiger partial charge in [0.05, 0.1) is 12.8 Å². The van der Waals surface area contributed by atoms with Crippen LogP contribution in [-0.4, -0.2) is 17.3 Å². The average Bonchev–Trinajstić information content (AvgIpc) is 2.33. The molecule has 0 aromatic heterocycles. The molecule has 4 nitrogen and oxygen atoms in total. The third-order valence-electron chi connectivity index (χ3n) is 2.69. The van der Waals surface area contributed by atoms with Crippen LogP contribution >= 0.6 is 15.9 Å². The van der Waals surface area contributed by atoms with E-state index in [9.17, 15) is 10.2 Å². The quantitative estimate of drug-likeness (QED) is 0.728. The molecular weight excluding hydrogens is 274 g/mol. The molecule has 0 radical (unpaired) electrons. The third kappa shape index (κ3) is 1.61. The van der Waals surface area contributed by atoms with Gasteiger partial charge in [-0.2, -0.15) is 0 Å². The number of rotatable bonds is 1. The number of methoxy groups -OCH3 is 1. The fraction of sp³-hybridized carbons (Fsp3) is 0.273. The summed E-state index contributed by atoms with van der Waals surface area (Å²) in [6.07, 6.45) is -1.74. The Morgan fingerprint density at radius 2 is 1.94 bits per heavy atom. The number of nitrogens with two attached hydrogens (primary N) is 1. The minimum absolute atomic E-state index is 0.230. The number of hydrogen-bond donors (Lipinski definition) is 3. The summed E-state index contributed by atoms with van der Waals surface area (Å²) in [5.41, 5.74) is 7.14. The van der Waals surface area contributed by atoms with E-state index in [1.165, 1.54) is 0 Å². The van der Waals surface area contributed by atoms with Gasteiger partial charge in [-0.3, -0.25) is 0 Å². The van der Waals surface area contributed by atoms with E-state index in [0.717, 1.165) is 0 Å². The Bertz CT molecular complexity index is 459. The summed E-state index contributed by atoms with van der Waals surface area (Å²) >= 11 is 3.18. The lowest BCUT2D eigenvalue weighted by Gasteiger charge is -2.27. The summed E-state index contributed by atoms with van der Waals surface area (Å²) < 4.78 is 5.48. The van der Waals surface area contributed by atoms with Crippen LogP contribution < -0.4 is 10.5 Å². The lowest BCUT2D eigenvalue weighted by molar-refractivity contribution is 0.174. The van der Waals surface area contributed by atoms with Crippen LogP contribution in [0.2, 0.25) is 0 Å². The lowest BCUT2D eigenvalue weighted by atomic mass is 9.90. The highest BCUT2D eigenvalue weighted by Crippen LogP contribution is 2.42. The molecule has 0 fully saturated rings. The molecule has 0 saturated heterocycles. The van der Waals surface area contributed by atoms with Crippen molar-refractivity contribution in [2.24, 2.45) is 5.73 Å². The minimum atomic E-state index is -0.914. The van der Waals surface area contributed by atoms with Crippen molar-refractivity contribution >= 4 is 15.9 Å². The van der Waals surface area contributed by atoms with Gasteiger partial charge in [0.1, 0.15) is 18.0 Å². The lowest BCUT2D eigenvalue weighted by Crippen LogP contribution is -2.21. The molecule has 2 rings (SSSR count). The monoisotopic (exact) mass is 285 g/mol. The molecule has 5 heteroatoms. The molecule has 1 aliphatic rings. The van der Waals surface area contributed by atoms with Crippen LogP contribution in [0, 0.1) is 0 Å². The second-order valence-corrected chi connectivity index (χ2v) is 4.46. The Morgan fingerprint density at radius 3 is 2.56 bits per heavy atom. The zero-order valence-corrected chi connectivity index (χ0v) is 10.2. The molecule has 0 heterocycles.